The van der Waals surface area contributed by atoms with Crippen molar-refractivity contribution in [2.24, 2.45) is 4.99 Å². The van der Waals surface area contributed by atoms with Crippen molar-refractivity contribution in [1.29, 1.82) is 0 Å². The minimum absolute atomic E-state index is 0.00793. The van der Waals surface area contributed by atoms with Crippen LogP contribution in [0.25, 0.3) is 6.08 Å². The first-order valence-corrected chi connectivity index (χ1v) is 12.3. The molecule has 0 amide bonds. The lowest BCUT2D eigenvalue weighted by molar-refractivity contribution is -0.136. The van der Waals surface area contributed by atoms with E-state index in [1.54, 1.807) is 11.5 Å². The third kappa shape index (κ3) is 4.73. The van der Waals surface area contributed by atoms with Crippen molar-refractivity contribution < 1.29 is 9.53 Å². The molecular weight excluding hydrogens is 458 g/mol. The summed E-state index contributed by atoms with van der Waals surface area (Å²) in [4.78, 5) is 33.7. The highest BCUT2D eigenvalue weighted by Gasteiger charge is 2.33. The molecule has 3 aromatic rings. The fourth-order valence-electron chi connectivity index (χ4n) is 4.19. The average molecular weight is 490 g/mol. The summed E-state index contributed by atoms with van der Waals surface area (Å²) in [5.74, 6) is -0.482. The molecule has 1 aromatic heterocycles. The Labute approximate surface area is 209 Å². The molecule has 0 saturated heterocycles. The van der Waals surface area contributed by atoms with E-state index in [0.717, 1.165) is 16.8 Å². The van der Waals surface area contributed by atoms with Gasteiger partial charge in [0.1, 0.15) is 0 Å². The number of thiazole rings is 1. The fourth-order valence-corrected chi connectivity index (χ4v) is 5.24. The Morgan fingerprint density at radius 1 is 1.09 bits per heavy atom. The maximum atomic E-state index is 13.7. The Morgan fingerprint density at radius 3 is 2.26 bits per heavy atom. The van der Waals surface area contributed by atoms with E-state index in [9.17, 15) is 9.59 Å². The number of anilines is 1. The first kappa shape index (κ1) is 24.7. The molecule has 4 rings (SSSR count). The molecule has 0 radical (unpaired) electrons. The predicted molar refractivity (Wildman–Crippen MR) is 142 cm³/mol. The third-order valence-corrected chi connectivity index (χ3v) is 7.21. The second-order valence-corrected chi connectivity index (χ2v) is 10.9. The summed E-state index contributed by atoms with van der Waals surface area (Å²) in [7, 11) is 5.33. The Bertz CT molecular complexity index is 1470. The van der Waals surface area contributed by atoms with Gasteiger partial charge in [0.15, 0.2) is 4.80 Å². The van der Waals surface area contributed by atoms with E-state index in [4.69, 9.17) is 4.74 Å². The standard InChI is InChI=1S/C28H31N3O3S/c1-17-23(26(33)34-7)24(19-10-12-20(13-11-19)28(2,3)4)31-25(32)22(35-27(31)29-17)16-18-8-14-21(15-9-18)30(5)6/h8-16,24H,1-7H3/b22-16+/t24-/m0/s1. The number of carbonyl (C=O) groups is 1. The second-order valence-electron chi connectivity index (χ2n) is 9.93. The maximum Gasteiger partial charge on any atom is 0.338 e. The number of allylic oxidation sites excluding steroid dienone is 1. The predicted octanol–water partition coefficient (Wildman–Crippen LogP) is 3.77. The van der Waals surface area contributed by atoms with E-state index in [-0.39, 0.29) is 11.0 Å². The summed E-state index contributed by atoms with van der Waals surface area (Å²) in [5, 5.41) is 0. The van der Waals surface area contributed by atoms with Crippen molar-refractivity contribution in [3.63, 3.8) is 0 Å². The van der Waals surface area contributed by atoms with Crippen molar-refractivity contribution in [1.82, 2.24) is 4.57 Å². The Balaban J connectivity index is 1.89. The molecule has 1 aliphatic heterocycles. The number of fused-ring (bicyclic) bond motifs is 1. The molecule has 2 aromatic carbocycles. The number of rotatable bonds is 4. The van der Waals surface area contributed by atoms with Gasteiger partial charge in [-0.2, -0.15) is 0 Å². The lowest BCUT2D eigenvalue weighted by atomic mass is 9.85. The lowest BCUT2D eigenvalue weighted by Gasteiger charge is -2.25. The van der Waals surface area contributed by atoms with Gasteiger partial charge in [-0.05, 0) is 47.2 Å². The molecule has 0 unspecified atom stereocenters. The van der Waals surface area contributed by atoms with Gasteiger partial charge in [0.25, 0.3) is 5.56 Å². The minimum atomic E-state index is -0.606. The van der Waals surface area contributed by atoms with Gasteiger partial charge in [0, 0.05) is 19.8 Å². The van der Waals surface area contributed by atoms with Crippen LogP contribution in [0.5, 0.6) is 0 Å². The molecule has 1 atom stereocenters. The average Bonchev–Trinajstić information content (AvgIpc) is 3.12. The molecular formula is C28H31N3O3S. The monoisotopic (exact) mass is 489 g/mol. The second kappa shape index (κ2) is 9.30. The zero-order valence-electron chi connectivity index (χ0n) is 21.2. The Hall–Kier alpha value is -3.45. The molecule has 0 aliphatic carbocycles. The molecule has 7 heteroatoms. The lowest BCUT2D eigenvalue weighted by Crippen LogP contribution is -2.39. The topological polar surface area (TPSA) is 63.9 Å². The highest BCUT2D eigenvalue weighted by atomic mass is 32.1. The van der Waals surface area contributed by atoms with E-state index in [1.165, 1.54) is 24.0 Å². The van der Waals surface area contributed by atoms with Crippen molar-refractivity contribution in [3.8, 4) is 0 Å². The van der Waals surface area contributed by atoms with Gasteiger partial charge < -0.3 is 9.64 Å². The summed E-state index contributed by atoms with van der Waals surface area (Å²) >= 11 is 1.33. The van der Waals surface area contributed by atoms with Crippen LogP contribution >= 0.6 is 11.3 Å². The van der Waals surface area contributed by atoms with E-state index < -0.39 is 12.0 Å². The number of nitrogens with zero attached hydrogens (tertiary/aromatic N) is 3. The number of aromatic nitrogens is 1. The number of carbonyl (C=O) groups excluding carboxylic acids is 1. The summed E-state index contributed by atoms with van der Waals surface area (Å²) < 4.78 is 7.28. The summed E-state index contributed by atoms with van der Waals surface area (Å²) in [6.45, 7) is 8.25. The van der Waals surface area contributed by atoms with Crippen LogP contribution in [0, 0.1) is 0 Å². The number of esters is 1. The smallest absolute Gasteiger partial charge is 0.338 e. The van der Waals surface area contributed by atoms with Crippen molar-refractivity contribution in [2.75, 3.05) is 26.1 Å². The highest BCUT2D eigenvalue weighted by molar-refractivity contribution is 7.07. The van der Waals surface area contributed by atoms with E-state index in [2.05, 4.69) is 37.9 Å². The fraction of sp³-hybridized carbons (Fsp3) is 0.321. The number of methoxy groups -OCH3 is 1. The molecule has 35 heavy (non-hydrogen) atoms. The van der Waals surface area contributed by atoms with Crippen LogP contribution in [0.1, 0.15) is 50.4 Å². The van der Waals surface area contributed by atoms with E-state index in [0.29, 0.717) is 20.6 Å². The van der Waals surface area contributed by atoms with Crippen LogP contribution in [-0.4, -0.2) is 31.7 Å². The number of benzene rings is 2. The van der Waals surface area contributed by atoms with Crippen molar-refractivity contribution in [2.45, 2.75) is 39.2 Å². The first-order valence-electron chi connectivity index (χ1n) is 11.5. The van der Waals surface area contributed by atoms with Gasteiger partial charge in [-0.3, -0.25) is 9.36 Å². The number of ether oxygens (including phenoxy) is 1. The molecule has 0 bridgehead atoms. The zero-order chi connectivity index (χ0) is 25.5. The molecule has 2 heterocycles. The summed E-state index contributed by atoms with van der Waals surface area (Å²) in [6, 6.07) is 15.5. The normalized spacial score (nSPS) is 16.1. The summed E-state index contributed by atoms with van der Waals surface area (Å²) in [5.41, 5.74) is 4.79. The quantitative estimate of drug-likeness (QED) is 0.524. The molecule has 6 nitrogen and oxygen atoms in total. The zero-order valence-corrected chi connectivity index (χ0v) is 22.1. The molecule has 0 spiro atoms. The first-order chi connectivity index (χ1) is 16.5. The van der Waals surface area contributed by atoms with Crippen LogP contribution in [0.4, 0.5) is 5.69 Å². The van der Waals surface area contributed by atoms with Crippen molar-refractivity contribution in [3.05, 3.63) is 96.2 Å². The highest BCUT2D eigenvalue weighted by Crippen LogP contribution is 2.32. The van der Waals surface area contributed by atoms with Crippen LogP contribution in [-0.2, 0) is 14.9 Å². The number of hydrogen-bond donors (Lipinski definition) is 0. The molecule has 0 saturated carbocycles. The molecule has 0 N–H and O–H groups in total. The van der Waals surface area contributed by atoms with Crippen LogP contribution < -0.4 is 19.8 Å². The third-order valence-electron chi connectivity index (χ3n) is 6.23. The van der Waals surface area contributed by atoms with Gasteiger partial charge >= 0.3 is 5.97 Å². The Kier molecular flexibility index (Phi) is 6.56. The minimum Gasteiger partial charge on any atom is -0.466 e. The molecule has 0 fully saturated rings. The largest absolute Gasteiger partial charge is 0.466 e. The van der Waals surface area contributed by atoms with Crippen molar-refractivity contribution >= 4 is 29.1 Å². The SMILES string of the molecule is COC(=O)C1=C(C)N=c2s/c(=C/c3ccc(N(C)C)cc3)c(=O)n2[C@H]1c1ccc(C(C)(C)C)cc1. The Morgan fingerprint density at radius 2 is 1.71 bits per heavy atom. The molecule has 182 valence electrons. The van der Waals surface area contributed by atoms with Crippen LogP contribution in [0.2, 0.25) is 0 Å². The summed E-state index contributed by atoms with van der Waals surface area (Å²) in [6.07, 6.45) is 1.88. The van der Waals surface area contributed by atoms with Gasteiger partial charge in [-0.1, -0.05) is 68.5 Å². The van der Waals surface area contributed by atoms with Gasteiger partial charge in [0.05, 0.1) is 29.0 Å². The number of hydrogen-bond acceptors (Lipinski definition) is 6. The van der Waals surface area contributed by atoms with Gasteiger partial charge in [-0.25, -0.2) is 9.79 Å². The van der Waals surface area contributed by atoms with Gasteiger partial charge in [0.2, 0.25) is 0 Å². The maximum absolute atomic E-state index is 13.7. The van der Waals surface area contributed by atoms with Crippen LogP contribution in [0.3, 0.4) is 0 Å². The van der Waals surface area contributed by atoms with E-state index >= 15 is 0 Å². The van der Waals surface area contributed by atoms with Crippen LogP contribution in [0.15, 0.2) is 69.6 Å². The van der Waals surface area contributed by atoms with Gasteiger partial charge in [-0.15, -0.1) is 0 Å². The van der Waals surface area contributed by atoms with E-state index in [1.807, 2.05) is 61.5 Å². The molecule has 1 aliphatic rings.